The summed E-state index contributed by atoms with van der Waals surface area (Å²) >= 11 is 0. The molecule has 1 fully saturated rings. The maximum absolute atomic E-state index is 10.8. The molecule has 1 saturated heterocycles. The third kappa shape index (κ3) is 3.05. The van der Waals surface area contributed by atoms with E-state index in [0.29, 0.717) is 18.8 Å². The molecule has 1 aliphatic rings. The first kappa shape index (κ1) is 11.6. The summed E-state index contributed by atoms with van der Waals surface area (Å²) < 4.78 is 10.3. The number of hydrogen-bond acceptors (Lipinski definition) is 4. The zero-order valence-electron chi connectivity index (χ0n) is 9.55. The van der Waals surface area contributed by atoms with Crippen molar-refractivity contribution in [2.45, 2.75) is 18.9 Å². The molecule has 2 unspecified atom stereocenters. The monoisotopic (exact) mass is 231 g/mol. The smallest absolute Gasteiger partial charge is 0.302 e. The van der Waals surface area contributed by atoms with Crippen molar-refractivity contribution in [3.63, 3.8) is 0 Å². The van der Waals surface area contributed by atoms with Crippen molar-refractivity contribution in [2.24, 2.45) is 0 Å². The first-order valence-electron chi connectivity index (χ1n) is 5.45. The SMILES string of the molecule is CC(=O)OCC(c1ccc(C#N)cc1)C1CO1. The van der Waals surface area contributed by atoms with Gasteiger partial charge in [-0.05, 0) is 17.7 Å². The summed E-state index contributed by atoms with van der Waals surface area (Å²) in [6, 6.07) is 9.36. The highest BCUT2D eigenvalue weighted by atomic mass is 16.6. The summed E-state index contributed by atoms with van der Waals surface area (Å²) in [7, 11) is 0. The van der Waals surface area contributed by atoms with E-state index in [1.54, 1.807) is 12.1 Å². The van der Waals surface area contributed by atoms with Gasteiger partial charge in [-0.2, -0.15) is 5.26 Å². The van der Waals surface area contributed by atoms with E-state index in [2.05, 4.69) is 6.07 Å². The van der Waals surface area contributed by atoms with Gasteiger partial charge in [0.25, 0.3) is 0 Å². The number of rotatable bonds is 4. The standard InChI is InChI=1S/C13H13NO3/c1-9(15)16-7-12(13-8-17-13)11-4-2-10(6-14)3-5-11/h2-5,12-13H,7-8H2,1H3. The van der Waals surface area contributed by atoms with E-state index in [9.17, 15) is 4.79 Å². The average Bonchev–Trinajstić information content (AvgIpc) is 3.14. The topological polar surface area (TPSA) is 62.6 Å². The van der Waals surface area contributed by atoms with Crippen LogP contribution in [-0.4, -0.2) is 25.3 Å². The Labute approximate surface area is 99.8 Å². The number of esters is 1. The van der Waals surface area contributed by atoms with Crippen LogP contribution in [-0.2, 0) is 14.3 Å². The molecule has 2 atom stereocenters. The average molecular weight is 231 g/mol. The summed E-state index contributed by atoms with van der Waals surface area (Å²) in [4.78, 5) is 10.8. The van der Waals surface area contributed by atoms with Gasteiger partial charge >= 0.3 is 5.97 Å². The summed E-state index contributed by atoms with van der Waals surface area (Å²) in [5, 5.41) is 8.72. The van der Waals surface area contributed by atoms with Crippen LogP contribution in [0.5, 0.6) is 0 Å². The van der Waals surface area contributed by atoms with Gasteiger partial charge in [0.1, 0.15) is 6.61 Å². The zero-order valence-corrected chi connectivity index (χ0v) is 9.55. The van der Waals surface area contributed by atoms with Crippen LogP contribution in [0.25, 0.3) is 0 Å². The highest BCUT2D eigenvalue weighted by molar-refractivity contribution is 5.66. The number of carbonyl (C=O) groups excluding carboxylic acids is 1. The molecule has 0 radical (unpaired) electrons. The molecular formula is C13H13NO3. The fourth-order valence-corrected chi connectivity index (χ4v) is 1.72. The Morgan fingerprint density at radius 1 is 1.59 bits per heavy atom. The van der Waals surface area contributed by atoms with Crippen LogP contribution in [0.1, 0.15) is 24.0 Å². The van der Waals surface area contributed by atoms with Gasteiger partial charge in [0, 0.05) is 12.8 Å². The molecule has 0 aromatic heterocycles. The van der Waals surface area contributed by atoms with E-state index in [1.807, 2.05) is 12.1 Å². The van der Waals surface area contributed by atoms with Crippen LogP contribution in [0.4, 0.5) is 0 Å². The van der Waals surface area contributed by atoms with Crippen LogP contribution in [0.15, 0.2) is 24.3 Å². The van der Waals surface area contributed by atoms with Crippen LogP contribution in [0, 0.1) is 11.3 Å². The lowest BCUT2D eigenvalue weighted by atomic mass is 9.96. The Hall–Kier alpha value is -1.86. The molecule has 0 bridgehead atoms. The Bertz CT molecular complexity index is 443. The number of nitrogens with zero attached hydrogens (tertiary/aromatic N) is 1. The molecule has 1 aromatic rings. The lowest BCUT2D eigenvalue weighted by Crippen LogP contribution is -2.15. The Kier molecular flexibility index (Phi) is 3.40. The van der Waals surface area contributed by atoms with E-state index < -0.39 is 0 Å². The van der Waals surface area contributed by atoms with Gasteiger partial charge in [-0.3, -0.25) is 4.79 Å². The Morgan fingerprint density at radius 2 is 2.24 bits per heavy atom. The third-order valence-electron chi connectivity index (χ3n) is 2.74. The van der Waals surface area contributed by atoms with E-state index in [-0.39, 0.29) is 18.0 Å². The first-order valence-corrected chi connectivity index (χ1v) is 5.45. The van der Waals surface area contributed by atoms with Crippen molar-refractivity contribution in [2.75, 3.05) is 13.2 Å². The molecular weight excluding hydrogens is 218 g/mol. The highest BCUT2D eigenvalue weighted by Gasteiger charge is 2.34. The predicted molar refractivity (Wildman–Crippen MR) is 60.3 cm³/mol. The number of epoxide rings is 1. The molecule has 4 heteroatoms. The van der Waals surface area contributed by atoms with Crippen molar-refractivity contribution in [1.29, 1.82) is 5.26 Å². The third-order valence-corrected chi connectivity index (χ3v) is 2.74. The van der Waals surface area contributed by atoms with Crippen molar-refractivity contribution in [3.05, 3.63) is 35.4 Å². The Balaban J connectivity index is 2.09. The number of hydrogen-bond donors (Lipinski definition) is 0. The second-order valence-corrected chi connectivity index (χ2v) is 4.01. The number of carbonyl (C=O) groups is 1. The largest absolute Gasteiger partial charge is 0.465 e. The van der Waals surface area contributed by atoms with Crippen LogP contribution < -0.4 is 0 Å². The summed E-state index contributed by atoms with van der Waals surface area (Å²) in [5.74, 6) is -0.226. The van der Waals surface area contributed by atoms with Crippen molar-refractivity contribution < 1.29 is 14.3 Å². The van der Waals surface area contributed by atoms with Crippen LogP contribution in [0.3, 0.4) is 0 Å². The minimum absolute atomic E-state index is 0.0617. The number of nitriles is 1. The molecule has 0 N–H and O–H groups in total. The molecule has 0 amide bonds. The van der Waals surface area contributed by atoms with Gasteiger partial charge < -0.3 is 9.47 Å². The van der Waals surface area contributed by atoms with Crippen LogP contribution in [0.2, 0.25) is 0 Å². The molecule has 1 heterocycles. The van der Waals surface area contributed by atoms with E-state index in [4.69, 9.17) is 14.7 Å². The summed E-state index contributed by atoms with van der Waals surface area (Å²) in [6.45, 7) is 2.42. The van der Waals surface area contributed by atoms with E-state index >= 15 is 0 Å². The molecule has 0 saturated carbocycles. The minimum Gasteiger partial charge on any atom is -0.465 e. The zero-order chi connectivity index (χ0) is 12.3. The molecule has 2 rings (SSSR count). The van der Waals surface area contributed by atoms with Crippen LogP contribution >= 0.6 is 0 Å². The lowest BCUT2D eigenvalue weighted by Gasteiger charge is -2.14. The van der Waals surface area contributed by atoms with Gasteiger partial charge in [0.15, 0.2) is 0 Å². The molecule has 1 aliphatic heterocycles. The van der Waals surface area contributed by atoms with Crippen molar-refractivity contribution in [1.82, 2.24) is 0 Å². The van der Waals surface area contributed by atoms with E-state index in [0.717, 1.165) is 5.56 Å². The molecule has 1 aromatic carbocycles. The summed E-state index contributed by atoms with van der Waals surface area (Å²) in [6.07, 6.45) is 0.127. The maximum atomic E-state index is 10.8. The molecule has 4 nitrogen and oxygen atoms in total. The van der Waals surface area contributed by atoms with Gasteiger partial charge in [-0.25, -0.2) is 0 Å². The molecule has 0 aliphatic carbocycles. The van der Waals surface area contributed by atoms with Crippen molar-refractivity contribution in [3.8, 4) is 6.07 Å². The minimum atomic E-state index is -0.288. The fourth-order valence-electron chi connectivity index (χ4n) is 1.72. The number of benzene rings is 1. The molecule has 17 heavy (non-hydrogen) atoms. The Morgan fingerprint density at radius 3 is 2.71 bits per heavy atom. The van der Waals surface area contributed by atoms with Gasteiger partial charge in [-0.1, -0.05) is 12.1 Å². The predicted octanol–water partition coefficient (Wildman–Crippen LogP) is 1.60. The number of ether oxygens (including phenoxy) is 2. The fraction of sp³-hybridized carbons (Fsp3) is 0.385. The normalized spacial score (nSPS) is 19.2. The summed E-state index contributed by atoms with van der Waals surface area (Å²) in [5.41, 5.74) is 1.66. The highest BCUT2D eigenvalue weighted by Crippen LogP contribution is 2.30. The van der Waals surface area contributed by atoms with Gasteiger partial charge in [0.2, 0.25) is 0 Å². The van der Waals surface area contributed by atoms with E-state index in [1.165, 1.54) is 6.92 Å². The quantitative estimate of drug-likeness (QED) is 0.583. The molecule has 0 spiro atoms. The second-order valence-electron chi connectivity index (χ2n) is 4.01. The lowest BCUT2D eigenvalue weighted by molar-refractivity contribution is -0.141. The van der Waals surface area contributed by atoms with Crippen molar-refractivity contribution >= 4 is 5.97 Å². The maximum Gasteiger partial charge on any atom is 0.302 e. The van der Waals surface area contributed by atoms with Gasteiger partial charge in [0.05, 0.1) is 24.3 Å². The second kappa shape index (κ2) is 4.98. The van der Waals surface area contributed by atoms with Gasteiger partial charge in [-0.15, -0.1) is 0 Å². The molecule has 88 valence electrons. The first-order chi connectivity index (χ1) is 8.20.